The van der Waals surface area contributed by atoms with Gasteiger partial charge in [-0.2, -0.15) is 5.26 Å². The lowest BCUT2D eigenvalue weighted by Crippen LogP contribution is -2.16. The van der Waals surface area contributed by atoms with E-state index in [1.54, 1.807) is 36.5 Å². The highest BCUT2D eigenvalue weighted by Crippen LogP contribution is 2.33. The first kappa shape index (κ1) is 26.3. The Morgan fingerprint density at radius 2 is 1.95 bits per heavy atom. The summed E-state index contributed by atoms with van der Waals surface area (Å²) in [4.78, 5) is 16.4. The summed E-state index contributed by atoms with van der Waals surface area (Å²) < 4.78 is 42.7. The minimum atomic E-state index is -4.02. The Labute approximate surface area is 219 Å². The number of aromatic nitrogens is 1. The lowest BCUT2D eigenvalue weighted by atomic mass is 10.1. The normalized spacial score (nSPS) is 11.3. The van der Waals surface area contributed by atoms with E-state index in [1.807, 2.05) is 13.8 Å². The number of halogens is 1. The van der Waals surface area contributed by atoms with Crippen LogP contribution >= 0.6 is 11.8 Å². The number of fused-ring (bicyclic) bond motifs is 1. The van der Waals surface area contributed by atoms with Crippen molar-refractivity contribution >= 4 is 50.0 Å². The van der Waals surface area contributed by atoms with Crippen molar-refractivity contribution in [2.75, 3.05) is 15.8 Å². The van der Waals surface area contributed by atoms with E-state index in [0.29, 0.717) is 39.8 Å². The molecule has 190 valence electrons. The maximum absolute atomic E-state index is 13.4. The fourth-order valence-corrected chi connectivity index (χ4v) is 5.85. The van der Waals surface area contributed by atoms with Crippen LogP contribution < -0.4 is 10.0 Å². The zero-order chi connectivity index (χ0) is 26.6. The number of benzene rings is 3. The standard InChI is InChI=1S/C27H25FN4O3S2/c1-3-36-24-11-9-21(14-23(24)31-25(33)12-8-18-5-4-6-20(28)13-18)37(34,35)32-22-10-7-17(2)26-19(15-29)16-30-27(22)26/h4-7,9-11,13-14,16,30,32H,3,8,12H2,1-2H3,(H,31,33). The molecule has 0 saturated heterocycles. The average Bonchev–Trinajstić information content (AvgIpc) is 3.31. The largest absolute Gasteiger partial charge is 0.358 e. The summed E-state index contributed by atoms with van der Waals surface area (Å²) in [5, 5.41) is 12.8. The number of hydrogen-bond donors (Lipinski definition) is 3. The molecule has 4 rings (SSSR count). The number of nitrogens with one attached hydrogen (secondary N) is 3. The van der Waals surface area contributed by atoms with Crippen molar-refractivity contribution in [3.8, 4) is 6.07 Å². The third-order valence-electron chi connectivity index (χ3n) is 5.77. The highest BCUT2D eigenvalue weighted by Gasteiger charge is 2.20. The van der Waals surface area contributed by atoms with Gasteiger partial charge < -0.3 is 10.3 Å². The number of carbonyl (C=O) groups is 1. The van der Waals surface area contributed by atoms with Crippen LogP contribution in [-0.4, -0.2) is 25.1 Å². The smallest absolute Gasteiger partial charge is 0.262 e. The molecule has 10 heteroatoms. The number of amides is 1. The van der Waals surface area contributed by atoms with E-state index in [4.69, 9.17) is 0 Å². The number of hydrogen-bond acceptors (Lipinski definition) is 5. The van der Waals surface area contributed by atoms with Crippen LogP contribution in [0.3, 0.4) is 0 Å². The Balaban J connectivity index is 1.58. The fraction of sp³-hybridized carbons (Fsp3) is 0.185. The van der Waals surface area contributed by atoms with Gasteiger partial charge in [-0.05, 0) is 66.6 Å². The van der Waals surface area contributed by atoms with Gasteiger partial charge in [0.15, 0.2) is 0 Å². The van der Waals surface area contributed by atoms with Gasteiger partial charge in [0.2, 0.25) is 5.91 Å². The summed E-state index contributed by atoms with van der Waals surface area (Å²) in [5.74, 6) is 0.0608. The second-order valence-electron chi connectivity index (χ2n) is 8.37. The van der Waals surface area contributed by atoms with E-state index < -0.39 is 10.0 Å². The zero-order valence-electron chi connectivity index (χ0n) is 20.3. The number of sulfonamides is 1. The molecule has 1 amide bonds. The van der Waals surface area contributed by atoms with Crippen LogP contribution in [0.25, 0.3) is 10.9 Å². The third kappa shape index (κ3) is 5.96. The van der Waals surface area contributed by atoms with Crippen molar-refractivity contribution < 1.29 is 17.6 Å². The van der Waals surface area contributed by atoms with Crippen LogP contribution in [0.15, 0.2) is 70.6 Å². The molecule has 0 fully saturated rings. The molecule has 0 aliphatic heterocycles. The summed E-state index contributed by atoms with van der Waals surface area (Å²) in [6.07, 6.45) is 2.01. The van der Waals surface area contributed by atoms with Crippen LogP contribution in [-0.2, 0) is 21.2 Å². The van der Waals surface area contributed by atoms with Gasteiger partial charge >= 0.3 is 0 Å². The summed E-state index contributed by atoms with van der Waals surface area (Å²) in [5.41, 5.74) is 3.20. The molecule has 7 nitrogen and oxygen atoms in total. The topological polar surface area (TPSA) is 115 Å². The van der Waals surface area contributed by atoms with Crippen molar-refractivity contribution in [1.29, 1.82) is 5.26 Å². The van der Waals surface area contributed by atoms with E-state index in [-0.39, 0.29) is 23.0 Å². The summed E-state index contributed by atoms with van der Waals surface area (Å²) in [6, 6.07) is 16.2. The molecule has 4 aromatic rings. The van der Waals surface area contributed by atoms with E-state index in [2.05, 4.69) is 21.1 Å². The number of H-pyrrole nitrogens is 1. The molecule has 1 aromatic heterocycles. The molecule has 37 heavy (non-hydrogen) atoms. The summed E-state index contributed by atoms with van der Waals surface area (Å²) in [6.45, 7) is 3.81. The van der Waals surface area contributed by atoms with Gasteiger partial charge in [0, 0.05) is 22.9 Å². The van der Waals surface area contributed by atoms with Crippen LogP contribution in [0, 0.1) is 24.1 Å². The fourth-order valence-electron chi connectivity index (χ4n) is 4.02. The first-order valence-corrected chi connectivity index (χ1v) is 14.0. The molecule has 3 aromatic carbocycles. The van der Waals surface area contributed by atoms with Crippen LogP contribution in [0.5, 0.6) is 0 Å². The van der Waals surface area contributed by atoms with Crippen molar-refractivity contribution in [2.24, 2.45) is 0 Å². The van der Waals surface area contributed by atoms with E-state index in [9.17, 15) is 22.9 Å². The van der Waals surface area contributed by atoms with Crippen LogP contribution in [0.4, 0.5) is 15.8 Å². The number of thioether (sulfide) groups is 1. The Morgan fingerprint density at radius 3 is 2.68 bits per heavy atom. The van der Waals surface area contributed by atoms with Gasteiger partial charge in [0.25, 0.3) is 10.0 Å². The van der Waals surface area contributed by atoms with Crippen molar-refractivity contribution in [3.05, 3.63) is 83.3 Å². The molecular weight excluding hydrogens is 511 g/mol. The van der Waals surface area contributed by atoms with Gasteiger partial charge in [-0.1, -0.05) is 25.1 Å². The summed E-state index contributed by atoms with van der Waals surface area (Å²) in [7, 11) is -4.02. The molecule has 0 unspecified atom stereocenters. The van der Waals surface area contributed by atoms with Gasteiger partial charge in [-0.3, -0.25) is 9.52 Å². The Hall–Kier alpha value is -3.81. The number of nitrogens with zero attached hydrogens (tertiary/aromatic N) is 1. The Morgan fingerprint density at radius 1 is 1.14 bits per heavy atom. The molecule has 0 saturated carbocycles. The van der Waals surface area contributed by atoms with Gasteiger partial charge in [0.05, 0.1) is 27.4 Å². The number of nitriles is 1. The molecule has 0 aliphatic rings. The monoisotopic (exact) mass is 536 g/mol. The number of aromatic amines is 1. The number of rotatable bonds is 9. The predicted molar refractivity (Wildman–Crippen MR) is 145 cm³/mol. The first-order valence-electron chi connectivity index (χ1n) is 11.6. The predicted octanol–water partition coefficient (Wildman–Crippen LogP) is 5.97. The molecule has 0 aliphatic carbocycles. The van der Waals surface area contributed by atoms with Crippen LogP contribution in [0.2, 0.25) is 0 Å². The molecule has 0 spiro atoms. The summed E-state index contributed by atoms with van der Waals surface area (Å²) >= 11 is 1.48. The minimum absolute atomic E-state index is 0.0193. The second-order valence-corrected chi connectivity index (χ2v) is 11.4. The SMILES string of the molecule is CCSc1ccc(S(=O)(=O)Nc2ccc(C)c3c(C#N)c[nH]c23)cc1NC(=O)CCc1cccc(F)c1. The lowest BCUT2D eigenvalue weighted by molar-refractivity contribution is -0.116. The van der Waals surface area contributed by atoms with Crippen LogP contribution in [0.1, 0.15) is 30.0 Å². The van der Waals surface area contributed by atoms with Gasteiger partial charge in [-0.25, -0.2) is 12.8 Å². The second kappa shape index (κ2) is 11.1. The highest BCUT2D eigenvalue weighted by atomic mass is 32.2. The number of aryl methyl sites for hydroxylation is 2. The van der Waals surface area contributed by atoms with Crippen molar-refractivity contribution in [2.45, 2.75) is 36.5 Å². The third-order valence-corrected chi connectivity index (χ3v) is 8.09. The highest BCUT2D eigenvalue weighted by molar-refractivity contribution is 7.99. The average molecular weight is 537 g/mol. The molecular formula is C27H25FN4O3S2. The molecule has 0 radical (unpaired) electrons. The first-order chi connectivity index (χ1) is 17.7. The minimum Gasteiger partial charge on any atom is -0.358 e. The number of anilines is 2. The molecule has 0 atom stereocenters. The number of carbonyl (C=O) groups excluding carboxylic acids is 1. The maximum atomic E-state index is 13.4. The van der Waals surface area contributed by atoms with E-state index >= 15 is 0 Å². The van der Waals surface area contributed by atoms with E-state index in [0.717, 1.165) is 16.2 Å². The maximum Gasteiger partial charge on any atom is 0.262 e. The zero-order valence-corrected chi connectivity index (χ0v) is 21.9. The quantitative estimate of drug-likeness (QED) is 0.228. The molecule has 1 heterocycles. The lowest BCUT2D eigenvalue weighted by Gasteiger charge is -2.14. The van der Waals surface area contributed by atoms with Crippen molar-refractivity contribution in [3.63, 3.8) is 0 Å². The molecule has 0 bridgehead atoms. The Bertz CT molecular complexity index is 1620. The van der Waals surface area contributed by atoms with Crippen molar-refractivity contribution in [1.82, 2.24) is 4.98 Å². The van der Waals surface area contributed by atoms with Gasteiger partial charge in [-0.15, -0.1) is 11.8 Å². The molecule has 3 N–H and O–H groups in total. The Kier molecular flexibility index (Phi) is 7.86. The van der Waals surface area contributed by atoms with E-state index in [1.165, 1.54) is 36.0 Å². The van der Waals surface area contributed by atoms with Gasteiger partial charge in [0.1, 0.15) is 11.9 Å².